The molecule has 49 heavy (non-hydrogen) atoms. The Kier molecular flexibility index (Phi) is 9.88. The van der Waals surface area contributed by atoms with E-state index >= 15 is 0 Å². The number of aryl methyl sites for hydroxylation is 1. The zero-order valence-corrected chi connectivity index (χ0v) is 28.6. The van der Waals surface area contributed by atoms with E-state index in [9.17, 15) is 35.1 Å². The van der Waals surface area contributed by atoms with Crippen molar-refractivity contribution >= 4 is 39.0 Å². The zero-order chi connectivity index (χ0) is 34.3. The largest absolute Gasteiger partial charge is 0.511 e. The summed E-state index contributed by atoms with van der Waals surface area (Å²) in [6.07, 6.45) is 5.30. The summed E-state index contributed by atoms with van der Waals surface area (Å²) in [5.41, 5.74) is -2.06. The fourth-order valence-electron chi connectivity index (χ4n) is 8.03. The van der Waals surface area contributed by atoms with Crippen LogP contribution in [-0.4, -0.2) is 90.5 Å². The molecule has 1 aromatic heterocycles. The van der Waals surface area contributed by atoms with Crippen molar-refractivity contribution in [3.63, 3.8) is 0 Å². The molecule has 262 valence electrons. The van der Waals surface area contributed by atoms with E-state index in [1.54, 1.807) is 36.5 Å². The maximum Gasteiger partial charge on any atom is 0.229 e. The Hall–Kier alpha value is -2.91. The van der Waals surface area contributed by atoms with Crippen molar-refractivity contribution in [2.75, 3.05) is 23.6 Å². The number of aliphatic hydroxyl groups is 5. The van der Waals surface area contributed by atoms with E-state index in [1.165, 1.54) is 34.1 Å². The molecular weight excluding hydrogens is 669 g/mol. The molecule has 6 N–H and O–H groups in total. The third kappa shape index (κ3) is 6.21. The Morgan fingerprint density at radius 1 is 1.06 bits per heavy atom. The number of nitrogens with one attached hydrogen (secondary N) is 1. The van der Waals surface area contributed by atoms with Gasteiger partial charge in [0.05, 0.1) is 24.0 Å². The number of allylic oxidation sites excluding steroid dienone is 4. The number of hydrogen-bond acceptors (Lipinski definition) is 13. The van der Waals surface area contributed by atoms with E-state index in [2.05, 4.69) is 10.3 Å². The molecule has 11 nitrogen and oxygen atoms in total. The lowest BCUT2D eigenvalue weighted by molar-refractivity contribution is -0.315. The molecule has 1 aromatic carbocycles. The van der Waals surface area contributed by atoms with Crippen LogP contribution in [0.3, 0.4) is 0 Å². The highest BCUT2D eigenvalue weighted by molar-refractivity contribution is 8.76. The number of ketones is 2. The summed E-state index contributed by atoms with van der Waals surface area (Å²) in [6, 6.07) is 8.18. The van der Waals surface area contributed by atoms with Crippen molar-refractivity contribution in [1.29, 1.82) is 0 Å². The van der Waals surface area contributed by atoms with Crippen LogP contribution < -0.4 is 10.1 Å². The molecule has 2 aromatic rings. The second-order valence-corrected chi connectivity index (χ2v) is 16.2. The predicted molar refractivity (Wildman–Crippen MR) is 185 cm³/mol. The number of aromatic nitrogens is 1. The Morgan fingerprint density at radius 2 is 1.88 bits per heavy atom. The van der Waals surface area contributed by atoms with Crippen molar-refractivity contribution < 1.29 is 44.6 Å². The highest BCUT2D eigenvalue weighted by atomic mass is 33.1. The third-order valence-corrected chi connectivity index (χ3v) is 13.0. The molecule has 0 amide bonds. The van der Waals surface area contributed by atoms with Gasteiger partial charge in [0.25, 0.3) is 0 Å². The van der Waals surface area contributed by atoms with Crippen LogP contribution in [0.1, 0.15) is 71.2 Å². The Morgan fingerprint density at radius 3 is 2.67 bits per heavy atom. The topological polar surface area (TPSA) is 179 Å². The van der Waals surface area contributed by atoms with Crippen molar-refractivity contribution in [2.24, 2.45) is 17.3 Å². The minimum absolute atomic E-state index is 0.0529. The number of benzene rings is 1. The number of ether oxygens (including phenoxy) is 2. The van der Waals surface area contributed by atoms with Crippen LogP contribution in [0.2, 0.25) is 0 Å². The fraction of sp³-hybridized carbons (Fsp3) is 0.528. The Balaban J connectivity index is 1.31. The lowest BCUT2D eigenvalue weighted by Crippen LogP contribution is -2.68. The van der Waals surface area contributed by atoms with Gasteiger partial charge in [0.2, 0.25) is 6.29 Å². The van der Waals surface area contributed by atoms with Gasteiger partial charge in [-0.1, -0.05) is 71.9 Å². The first-order chi connectivity index (χ1) is 23.7. The molecule has 3 aliphatic carbocycles. The van der Waals surface area contributed by atoms with E-state index in [0.717, 1.165) is 43.2 Å². The van der Waals surface area contributed by atoms with E-state index < -0.39 is 53.9 Å². The number of carbonyl (C=O) groups is 2. The van der Waals surface area contributed by atoms with E-state index in [0.29, 0.717) is 17.6 Å². The number of pyridine rings is 1. The molecule has 7 atom stereocenters. The minimum Gasteiger partial charge on any atom is -0.511 e. The summed E-state index contributed by atoms with van der Waals surface area (Å²) in [7, 11) is 2.80. The first-order valence-corrected chi connectivity index (χ1v) is 19.4. The molecule has 5 aliphatic rings. The van der Waals surface area contributed by atoms with Crippen molar-refractivity contribution in [3.05, 3.63) is 76.7 Å². The number of fused-ring (bicyclic) bond motifs is 4. The summed E-state index contributed by atoms with van der Waals surface area (Å²) in [5.74, 6) is -0.492. The van der Waals surface area contributed by atoms with Gasteiger partial charge in [-0.2, -0.15) is 0 Å². The minimum atomic E-state index is -2.17. The number of carbonyl (C=O) groups excluding carboxylic acids is 2. The number of hydrogen-bond donors (Lipinski definition) is 6. The van der Waals surface area contributed by atoms with E-state index in [-0.39, 0.29) is 47.0 Å². The first kappa shape index (κ1) is 34.5. The molecule has 2 aliphatic heterocycles. The highest BCUT2D eigenvalue weighted by Gasteiger charge is 2.59. The van der Waals surface area contributed by atoms with Crippen LogP contribution in [0.5, 0.6) is 5.75 Å². The lowest BCUT2D eigenvalue weighted by Gasteiger charge is -2.48. The molecule has 1 saturated carbocycles. The first-order valence-electron chi connectivity index (χ1n) is 16.9. The maximum atomic E-state index is 14.9. The Bertz CT molecular complexity index is 1660. The monoisotopic (exact) mass is 710 g/mol. The van der Waals surface area contributed by atoms with Crippen LogP contribution >= 0.6 is 21.6 Å². The highest BCUT2D eigenvalue weighted by Crippen LogP contribution is 2.53. The second kappa shape index (κ2) is 14.0. The van der Waals surface area contributed by atoms with Crippen molar-refractivity contribution in [2.45, 2.75) is 81.6 Å². The smallest absolute Gasteiger partial charge is 0.229 e. The number of nitrogens with zero attached hydrogens (tertiary/aromatic N) is 1. The molecule has 1 saturated heterocycles. The standard InChI is InChI=1S/C36H42N2O9S2/c39-17-26-31(42)36(45)11-9-21-10-12-37-28(16-21)38-19-49-48-18-35-24(14-22(15-27(35)40)13-20-5-2-1-3-6-20)30(41)23-7-4-8-25(29(23)32(35)43)46-34(47-26)33(36)44/h4,7-8,10,12,14-16,20,24,26,31,33-34,39-40,42,44-45H,1-3,5-6,9,11,13,17-19H2,(H,37,38). The van der Waals surface area contributed by atoms with Crippen LogP contribution in [0.15, 0.2) is 60.0 Å². The van der Waals surface area contributed by atoms with Gasteiger partial charge in [0.1, 0.15) is 46.7 Å². The van der Waals surface area contributed by atoms with Crippen LogP contribution in [0.25, 0.3) is 0 Å². The van der Waals surface area contributed by atoms with E-state index in [4.69, 9.17) is 9.47 Å². The molecule has 3 heterocycles. The molecule has 0 radical (unpaired) electrons. The van der Waals surface area contributed by atoms with E-state index in [1.807, 2.05) is 6.08 Å². The number of Topliss-reactive ketones (excluding diaryl/α,β-unsaturated/α-hetero) is 2. The molecule has 7 rings (SSSR count). The average Bonchev–Trinajstić information content (AvgIpc) is 3.11. The van der Waals surface area contributed by atoms with Crippen LogP contribution in [0.4, 0.5) is 5.82 Å². The lowest BCUT2D eigenvalue weighted by atomic mass is 9.60. The quantitative estimate of drug-likeness (QED) is 0.248. The zero-order valence-electron chi connectivity index (χ0n) is 27.0. The molecule has 13 heteroatoms. The summed E-state index contributed by atoms with van der Waals surface area (Å²) < 4.78 is 11.9. The number of aliphatic hydroxyl groups excluding tert-OH is 4. The molecule has 1 spiro atoms. The van der Waals surface area contributed by atoms with Gasteiger partial charge < -0.3 is 40.3 Å². The van der Waals surface area contributed by atoms with Gasteiger partial charge in [-0.25, -0.2) is 4.98 Å². The Labute approximate surface area is 292 Å². The van der Waals surface area contributed by atoms with Crippen LogP contribution in [0, 0.1) is 17.3 Å². The third-order valence-electron chi connectivity index (χ3n) is 10.8. The average molecular weight is 711 g/mol. The van der Waals surface area contributed by atoms with Gasteiger partial charge >= 0.3 is 0 Å². The maximum absolute atomic E-state index is 14.9. The van der Waals surface area contributed by atoms with Gasteiger partial charge in [-0.15, -0.1) is 0 Å². The summed E-state index contributed by atoms with van der Waals surface area (Å²) in [5, 5.41) is 59.5. The summed E-state index contributed by atoms with van der Waals surface area (Å²) in [6.45, 7) is -0.683. The normalized spacial score (nSPS) is 33.9. The van der Waals surface area contributed by atoms with Crippen LogP contribution in [-0.2, 0) is 11.2 Å². The molecular formula is C36H42N2O9S2. The predicted octanol–water partition coefficient (Wildman–Crippen LogP) is 4.36. The van der Waals surface area contributed by atoms with Crippen molar-refractivity contribution in [1.82, 2.24) is 4.98 Å². The SMILES string of the molecule is O=C1c2cccc3c2C(=O)C2(CSSCNc4cc(ccn4)CCC4(O)C(O)C(CO)OC(O3)C4O)C(O)=CC(CC3CCCCC3)=CC12. The van der Waals surface area contributed by atoms with Crippen molar-refractivity contribution in [3.8, 4) is 5.75 Å². The molecule has 6 bridgehead atoms. The molecule has 2 fully saturated rings. The second-order valence-electron chi connectivity index (χ2n) is 13.8. The molecule has 7 unspecified atom stereocenters. The van der Waals surface area contributed by atoms with Gasteiger partial charge in [0.15, 0.2) is 11.6 Å². The fourth-order valence-corrected chi connectivity index (χ4v) is 10.3. The van der Waals surface area contributed by atoms with Gasteiger partial charge in [-0.05, 0) is 60.6 Å². The number of anilines is 1. The summed E-state index contributed by atoms with van der Waals surface area (Å²) in [4.78, 5) is 33.7. The number of rotatable bonds is 3. The summed E-state index contributed by atoms with van der Waals surface area (Å²) >= 11 is 0. The van der Waals surface area contributed by atoms with Gasteiger partial charge in [0, 0.05) is 17.5 Å². The van der Waals surface area contributed by atoms with Gasteiger partial charge in [-0.3, -0.25) is 9.59 Å².